The molecule has 0 spiro atoms. The third kappa shape index (κ3) is 3.54. The predicted molar refractivity (Wildman–Crippen MR) is 68.4 cm³/mol. The number of pyridine rings is 1. The highest BCUT2D eigenvalue weighted by atomic mass is 32.1. The summed E-state index contributed by atoms with van der Waals surface area (Å²) in [7, 11) is 0. The van der Waals surface area contributed by atoms with Crippen LogP contribution in [0.5, 0.6) is 5.88 Å². The van der Waals surface area contributed by atoms with Gasteiger partial charge in [0.1, 0.15) is 0 Å². The van der Waals surface area contributed by atoms with Crippen molar-refractivity contribution in [1.82, 2.24) is 4.98 Å². The summed E-state index contributed by atoms with van der Waals surface area (Å²) in [6, 6.07) is 7.76. The van der Waals surface area contributed by atoms with Gasteiger partial charge in [0.15, 0.2) is 0 Å². The first kappa shape index (κ1) is 12.1. The van der Waals surface area contributed by atoms with Crippen LogP contribution >= 0.6 is 11.3 Å². The molecule has 2 rings (SSSR count). The summed E-state index contributed by atoms with van der Waals surface area (Å²) in [5, 5.41) is 11.1. The lowest BCUT2D eigenvalue weighted by atomic mass is 10.2. The van der Waals surface area contributed by atoms with Crippen molar-refractivity contribution in [2.24, 2.45) is 0 Å². The highest BCUT2D eigenvalue weighted by molar-refractivity contribution is 7.09. The van der Waals surface area contributed by atoms with Crippen LogP contribution in [0, 0.1) is 6.92 Å². The van der Waals surface area contributed by atoms with Crippen LogP contribution in [0.25, 0.3) is 0 Å². The molecule has 2 aromatic rings. The molecule has 0 saturated heterocycles. The summed E-state index contributed by atoms with van der Waals surface area (Å²) in [4.78, 5) is 5.58. The summed E-state index contributed by atoms with van der Waals surface area (Å²) in [6.45, 7) is 2.53. The Bertz CT molecular complexity index is 468. The van der Waals surface area contributed by atoms with Crippen LogP contribution in [0.1, 0.15) is 16.1 Å². The van der Waals surface area contributed by atoms with Crippen molar-refractivity contribution < 1.29 is 9.84 Å². The van der Waals surface area contributed by atoms with Gasteiger partial charge in [0.2, 0.25) is 5.88 Å². The van der Waals surface area contributed by atoms with Gasteiger partial charge in [0, 0.05) is 23.1 Å². The van der Waals surface area contributed by atoms with E-state index >= 15 is 0 Å². The van der Waals surface area contributed by atoms with Crippen LogP contribution in [-0.2, 0) is 13.0 Å². The first-order valence-electron chi connectivity index (χ1n) is 5.51. The number of aliphatic hydroxyl groups excluding tert-OH is 1. The summed E-state index contributed by atoms with van der Waals surface area (Å²) in [6.07, 6.45) is 0.891. The molecule has 90 valence electrons. The second-order valence-corrected chi connectivity index (χ2v) is 4.82. The molecule has 2 heterocycles. The Labute approximate surface area is 105 Å². The van der Waals surface area contributed by atoms with E-state index in [2.05, 4.69) is 16.4 Å². The van der Waals surface area contributed by atoms with Crippen LogP contribution in [-0.4, -0.2) is 16.7 Å². The van der Waals surface area contributed by atoms with Crippen molar-refractivity contribution in [3.63, 3.8) is 0 Å². The lowest BCUT2D eigenvalue weighted by molar-refractivity contribution is 0.277. The summed E-state index contributed by atoms with van der Waals surface area (Å²) >= 11 is 1.73. The second-order valence-electron chi connectivity index (χ2n) is 3.79. The van der Waals surface area contributed by atoms with Crippen molar-refractivity contribution >= 4 is 11.3 Å². The van der Waals surface area contributed by atoms with Gasteiger partial charge in [-0.25, -0.2) is 4.98 Å². The van der Waals surface area contributed by atoms with Gasteiger partial charge in [0.25, 0.3) is 0 Å². The van der Waals surface area contributed by atoms with Crippen molar-refractivity contribution in [3.8, 4) is 5.88 Å². The molecule has 0 unspecified atom stereocenters. The first-order valence-corrected chi connectivity index (χ1v) is 6.39. The van der Waals surface area contributed by atoms with E-state index in [1.807, 2.05) is 19.1 Å². The standard InChI is InChI=1S/C13H15NO2S/c1-10-7-11(9-15)8-13(14-10)16-5-4-12-3-2-6-17-12/h2-3,6-8,15H,4-5,9H2,1H3. The molecule has 0 saturated carbocycles. The Kier molecular flexibility index (Phi) is 4.12. The summed E-state index contributed by atoms with van der Waals surface area (Å²) in [5.74, 6) is 0.589. The Morgan fingerprint density at radius 3 is 3.00 bits per heavy atom. The largest absolute Gasteiger partial charge is 0.477 e. The number of hydrogen-bond donors (Lipinski definition) is 1. The highest BCUT2D eigenvalue weighted by Crippen LogP contribution is 2.14. The third-order valence-corrected chi connectivity index (χ3v) is 3.29. The number of aliphatic hydroxyl groups is 1. The van der Waals surface area contributed by atoms with Crippen LogP contribution in [0.15, 0.2) is 29.6 Å². The zero-order chi connectivity index (χ0) is 12.1. The molecular weight excluding hydrogens is 234 g/mol. The molecule has 0 aliphatic rings. The summed E-state index contributed by atoms with van der Waals surface area (Å²) < 4.78 is 5.59. The number of thiophene rings is 1. The zero-order valence-electron chi connectivity index (χ0n) is 9.72. The molecule has 0 aromatic carbocycles. The summed E-state index contributed by atoms with van der Waals surface area (Å²) in [5.41, 5.74) is 1.70. The van der Waals surface area contributed by atoms with Gasteiger partial charge in [-0.1, -0.05) is 6.07 Å². The minimum atomic E-state index is 0.0185. The van der Waals surface area contributed by atoms with Crippen LogP contribution < -0.4 is 4.74 Å². The van der Waals surface area contributed by atoms with Gasteiger partial charge in [-0.3, -0.25) is 0 Å². The predicted octanol–water partition coefficient (Wildman–Crippen LogP) is 2.57. The monoisotopic (exact) mass is 249 g/mol. The number of ether oxygens (including phenoxy) is 1. The SMILES string of the molecule is Cc1cc(CO)cc(OCCc2cccs2)n1. The normalized spacial score (nSPS) is 10.5. The molecule has 0 atom stereocenters. The van der Waals surface area contributed by atoms with E-state index in [1.54, 1.807) is 17.4 Å². The van der Waals surface area contributed by atoms with Gasteiger partial charge in [-0.2, -0.15) is 0 Å². The van der Waals surface area contributed by atoms with Gasteiger partial charge in [0.05, 0.1) is 13.2 Å². The molecule has 0 bridgehead atoms. The smallest absolute Gasteiger partial charge is 0.213 e. The van der Waals surface area contributed by atoms with Crippen molar-refractivity contribution in [2.75, 3.05) is 6.61 Å². The average molecular weight is 249 g/mol. The fraction of sp³-hybridized carbons (Fsp3) is 0.308. The third-order valence-electron chi connectivity index (χ3n) is 2.35. The van der Waals surface area contributed by atoms with Crippen LogP contribution in [0.2, 0.25) is 0 Å². The number of nitrogens with zero attached hydrogens (tertiary/aromatic N) is 1. The minimum absolute atomic E-state index is 0.0185. The van der Waals surface area contributed by atoms with E-state index in [4.69, 9.17) is 9.84 Å². The molecule has 1 N–H and O–H groups in total. The highest BCUT2D eigenvalue weighted by Gasteiger charge is 2.01. The Morgan fingerprint density at radius 2 is 2.29 bits per heavy atom. The van der Waals surface area contributed by atoms with Crippen molar-refractivity contribution in [1.29, 1.82) is 0 Å². The first-order chi connectivity index (χ1) is 8.28. The number of rotatable bonds is 5. The number of aromatic nitrogens is 1. The quantitative estimate of drug-likeness (QED) is 0.885. The van der Waals surface area contributed by atoms with Gasteiger partial charge in [-0.05, 0) is 30.0 Å². The number of aryl methyl sites for hydroxylation is 1. The molecule has 3 nitrogen and oxygen atoms in total. The van der Waals surface area contributed by atoms with Gasteiger partial charge < -0.3 is 9.84 Å². The fourth-order valence-electron chi connectivity index (χ4n) is 1.58. The topological polar surface area (TPSA) is 42.4 Å². The second kappa shape index (κ2) is 5.80. The molecule has 0 amide bonds. The maximum absolute atomic E-state index is 9.08. The van der Waals surface area contributed by atoms with E-state index in [0.29, 0.717) is 12.5 Å². The van der Waals surface area contributed by atoms with E-state index < -0.39 is 0 Å². The molecule has 0 fully saturated rings. The zero-order valence-corrected chi connectivity index (χ0v) is 10.5. The Hall–Kier alpha value is -1.39. The molecule has 0 aliphatic carbocycles. The van der Waals surface area contributed by atoms with Gasteiger partial charge >= 0.3 is 0 Å². The minimum Gasteiger partial charge on any atom is -0.477 e. The van der Waals surface area contributed by atoms with Crippen molar-refractivity contribution in [3.05, 3.63) is 45.8 Å². The molecule has 0 aliphatic heterocycles. The van der Waals surface area contributed by atoms with Crippen LogP contribution in [0.3, 0.4) is 0 Å². The van der Waals surface area contributed by atoms with Crippen LogP contribution in [0.4, 0.5) is 0 Å². The lowest BCUT2D eigenvalue weighted by Crippen LogP contribution is -2.03. The average Bonchev–Trinajstić information content (AvgIpc) is 2.81. The molecule has 4 heteroatoms. The van der Waals surface area contributed by atoms with E-state index in [-0.39, 0.29) is 6.61 Å². The maximum atomic E-state index is 9.08. The van der Waals surface area contributed by atoms with Gasteiger partial charge in [-0.15, -0.1) is 11.3 Å². The van der Waals surface area contributed by atoms with E-state index in [1.165, 1.54) is 4.88 Å². The Balaban J connectivity index is 1.92. The Morgan fingerprint density at radius 1 is 1.41 bits per heavy atom. The van der Waals surface area contributed by atoms with E-state index in [0.717, 1.165) is 17.7 Å². The fourth-order valence-corrected chi connectivity index (χ4v) is 2.27. The molecular formula is C13H15NO2S. The van der Waals surface area contributed by atoms with E-state index in [9.17, 15) is 0 Å². The molecule has 17 heavy (non-hydrogen) atoms. The molecule has 2 aromatic heterocycles. The molecule has 0 radical (unpaired) electrons. The lowest BCUT2D eigenvalue weighted by Gasteiger charge is -2.07. The number of hydrogen-bond acceptors (Lipinski definition) is 4. The maximum Gasteiger partial charge on any atom is 0.213 e. The van der Waals surface area contributed by atoms with Crippen molar-refractivity contribution in [2.45, 2.75) is 20.0 Å².